The van der Waals surface area contributed by atoms with Crippen LogP contribution in [0.3, 0.4) is 0 Å². The third-order valence-electron chi connectivity index (χ3n) is 22.9. The number of morpholine rings is 1. The van der Waals surface area contributed by atoms with Crippen LogP contribution in [0.1, 0.15) is 166 Å². The standard InChI is InChI=1S/C29H25Cl2N5O2.C28H27Cl2N5O.C23H23Cl2IN4O.C22H21Cl2IN4O2/c1-20-27(29(37)33-34-15-3-2-4-16-34)32-36(26-14-13-24(30)18-25(26)31)28(20)23-11-9-21(10-12-23)7-8-22-6-5-17-35(38)19-22;1-3-23-26(28(36)33-34-17-7-4-8-18-34)32-35(25-15-14-22(29)19-24(25)30)27(23)21-12-10-20(11-13-21)9-5-6-16-31-2;1-2-18-21(23(31)28-29-12-4-3-5-13-29)27-30(20-11-8-16(24)14-19(20)25)22(18)15-6-9-17(26)10-7-15;1-2-17-20(22(30)27-28-9-11-31-12-10-28)26-29(19-8-5-15(23)13-18(19)24)21(17)14-3-6-16(25)7-4-14/h5-6,9-14,17-19H,2-4,15-16H2,1H3,(H,33,37);10-15,19H,3-4,6-8,16-18H2,1H3,(H,33,36);6-11,14H,2-5,12-13H2,1H3,(H,28,31);3-8,13H,2,9-12H2,1H3,(H,27,30). The van der Waals surface area contributed by atoms with Gasteiger partial charge in [0, 0.05) is 141 Å². The Kier molecular flexibility index (Phi) is 36.4. The minimum atomic E-state index is -0.254. The second-order valence-corrected chi connectivity index (χ2v) is 38.1. The van der Waals surface area contributed by atoms with Crippen LogP contribution in [0, 0.1) is 49.5 Å². The van der Waals surface area contributed by atoms with E-state index in [0.717, 1.165) is 168 Å². The third-order valence-corrected chi connectivity index (χ3v) is 26.5. The number of nitrogens with one attached hydrogen (secondary N) is 4. The normalized spacial score (nSPS) is 14.0. The predicted octanol–water partition coefficient (Wildman–Crippen LogP) is 22.7. The third kappa shape index (κ3) is 25.8. The zero-order valence-corrected chi connectivity index (χ0v) is 85.3. The number of benzene rings is 8. The molecule has 136 heavy (non-hydrogen) atoms. The minimum Gasteiger partial charge on any atom is -0.619 e. The number of rotatable bonds is 20. The lowest BCUT2D eigenvalue weighted by atomic mass is 10.0. The molecule has 0 aliphatic carbocycles. The number of hydrogen-bond acceptors (Lipinski definition) is 14. The van der Waals surface area contributed by atoms with E-state index in [2.05, 4.69) is 95.4 Å². The van der Waals surface area contributed by atoms with E-state index in [1.807, 2.05) is 163 Å². The molecule has 9 heterocycles. The monoisotopic (exact) mass is 2200 g/mol. The van der Waals surface area contributed by atoms with Crippen molar-refractivity contribution in [3.05, 3.63) is 320 Å². The van der Waals surface area contributed by atoms with Crippen molar-refractivity contribution in [3.63, 3.8) is 0 Å². The molecule has 8 aromatic carbocycles. The van der Waals surface area contributed by atoms with E-state index < -0.39 is 0 Å². The first-order chi connectivity index (χ1) is 65.8. The number of nitrogens with zero attached hydrogens (tertiary/aromatic N) is 14. The van der Waals surface area contributed by atoms with Crippen LogP contribution < -0.4 is 26.4 Å². The highest BCUT2D eigenvalue weighted by Crippen LogP contribution is 2.40. The molecule has 700 valence electrons. The number of hydrazine groups is 4. The first-order valence-electron chi connectivity index (χ1n) is 44.7. The summed E-state index contributed by atoms with van der Waals surface area (Å²) in [5, 5.41) is 42.2. The van der Waals surface area contributed by atoms with Crippen LogP contribution in [0.5, 0.6) is 0 Å². The Morgan fingerprint density at radius 3 is 1.06 bits per heavy atom. The van der Waals surface area contributed by atoms with Crippen LogP contribution >= 0.6 is 138 Å². The van der Waals surface area contributed by atoms with Crippen LogP contribution in [0.2, 0.25) is 40.2 Å². The fourth-order valence-corrected chi connectivity index (χ4v) is 18.9. The first-order valence-corrected chi connectivity index (χ1v) is 49.9. The Morgan fingerprint density at radius 2 is 0.721 bits per heavy atom. The van der Waals surface area contributed by atoms with Crippen molar-refractivity contribution >= 4 is 162 Å². The molecule has 5 aromatic heterocycles. The van der Waals surface area contributed by atoms with Crippen molar-refractivity contribution in [3.8, 4) is 91.5 Å². The van der Waals surface area contributed by atoms with E-state index >= 15 is 0 Å². The number of piperidine rings is 3. The summed E-state index contributed by atoms with van der Waals surface area (Å²) in [6, 6.07) is 56.2. The van der Waals surface area contributed by atoms with E-state index in [1.165, 1.54) is 31.7 Å². The summed E-state index contributed by atoms with van der Waals surface area (Å²) in [5.74, 6) is 11.3. The quantitative estimate of drug-likeness (QED) is 0.0139. The topological polar surface area (TPSA) is 241 Å². The van der Waals surface area contributed by atoms with Gasteiger partial charge in [-0.15, -0.1) is 0 Å². The number of carbonyl (C=O) groups excluding carboxylic acids is 4. The van der Waals surface area contributed by atoms with Gasteiger partial charge in [0.05, 0.1) is 90.8 Å². The molecular weight excluding hydrogens is 2110 g/mol. The lowest BCUT2D eigenvalue weighted by Crippen LogP contribution is -2.48. The Morgan fingerprint density at radius 1 is 0.412 bits per heavy atom. The second-order valence-electron chi connectivity index (χ2n) is 32.3. The van der Waals surface area contributed by atoms with Crippen molar-refractivity contribution in [2.75, 3.05) is 72.1 Å². The van der Waals surface area contributed by atoms with Crippen LogP contribution in [0.25, 0.3) is 72.6 Å². The number of hydrogen-bond donors (Lipinski definition) is 4. The number of carbonyl (C=O) groups is 4. The van der Waals surface area contributed by atoms with Gasteiger partial charge in [0.1, 0.15) is 0 Å². The van der Waals surface area contributed by atoms with E-state index in [1.54, 1.807) is 85.5 Å². The Bertz CT molecular complexity index is 6480. The lowest BCUT2D eigenvalue weighted by Gasteiger charge is -2.26. The maximum atomic E-state index is 13.4. The zero-order valence-electron chi connectivity index (χ0n) is 74.9. The summed E-state index contributed by atoms with van der Waals surface area (Å²) in [6.45, 7) is 22.7. The van der Waals surface area contributed by atoms with Crippen molar-refractivity contribution in [1.29, 1.82) is 0 Å². The Hall–Kier alpha value is -10.4. The average molecular weight is 2210 g/mol. The Labute approximate surface area is 858 Å². The van der Waals surface area contributed by atoms with Crippen LogP contribution in [-0.4, -0.2) is 155 Å². The van der Waals surface area contributed by atoms with Gasteiger partial charge in [0.2, 0.25) is 6.54 Å². The van der Waals surface area contributed by atoms with E-state index in [4.69, 9.17) is 125 Å². The van der Waals surface area contributed by atoms with Crippen molar-refractivity contribution in [2.24, 2.45) is 0 Å². The number of aromatic nitrogens is 9. The molecule has 34 heteroatoms. The van der Waals surface area contributed by atoms with Gasteiger partial charge in [-0.3, -0.25) is 40.9 Å². The van der Waals surface area contributed by atoms with E-state index in [-0.39, 0.29) is 23.6 Å². The van der Waals surface area contributed by atoms with Crippen molar-refractivity contribution in [2.45, 2.75) is 111 Å². The SMILES string of the molecule is CCc1c(C(=O)NN2CCCCC2)nn(-c2ccc(Cl)cc2Cl)c1-c1ccc(I)cc1.CCc1c(C(=O)NN2CCOCC2)nn(-c2ccc(Cl)cc2Cl)c1-c1ccc(I)cc1.Cc1c(C(=O)NN2CCCCC2)nn(-c2ccc(Cl)cc2Cl)c1-c1ccc(C#Cc2ccc[n+]([O-])c2)cc1.[C-]#[N+]CCC#Cc1ccc(-c2c(CC)c(C(=O)NN3CCCCC3)nn2-c2ccc(Cl)cc2Cl)cc1. The highest BCUT2D eigenvalue weighted by Gasteiger charge is 2.32. The largest absolute Gasteiger partial charge is 0.619 e. The maximum absolute atomic E-state index is 13.4. The molecule has 24 nitrogen and oxygen atoms in total. The first kappa shape index (κ1) is 102. The summed E-state index contributed by atoms with van der Waals surface area (Å²) in [7, 11) is 0. The molecule has 0 unspecified atom stereocenters. The Balaban J connectivity index is 0.000000146. The molecule has 4 aliphatic heterocycles. The van der Waals surface area contributed by atoms with Crippen LogP contribution in [0.4, 0.5) is 0 Å². The lowest BCUT2D eigenvalue weighted by molar-refractivity contribution is -0.605. The zero-order chi connectivity index (χ0) is 96.1. The highest BCUT2D eigenvalue weighted by molar-refractivity contribution is 14.1. The fraction of sp³-hybridized carbons (Fsp3) is 0.275. The summed E-state index contributed by atoms with van der Waals surface area (Å²) in [5.41, 5.74) is 28.7. The van der Waals surface area contributed by atoms with Crippen LogP contribution in [0.15, 0.2) is 194 Å². The highest BCUT2D eigenvalue weighted by atomic mass is 127. The second kappa shape index (κ2) is 48.8. The molecule has 17 rings (SSSR count). The van der Waals surface area contributed by atoms with E-state index in [9.17, 15) is 24.4 Å². The van der Waals surface area contributed by atoms with Gasteiger partial charge >= 0.3 is 0 Å². The van der Waals surface area contributed by atoms with Gasteiger partial charge in [-0.2, -0.15) is 25.1 Å². The van der Waals surface area contributed by atoms with Gasteiger partial charge in [0.15, 0.2) is 35.2 Å². The predicted molar refractivity (Wildman–Crippen MR) is 557 cm³/mol. The summed E-state index contributed by atoms with van der Waals surface area (Å²) >= 11 is 55.3. The van der Waals surface area contributed by atoms with Gasteiger partial charge in [-0.1, -0.05) is 205 Å². The molecule has 0 bridgehead atoms. The summed E-state index contributed by atoms with van der Waals surface area (Å²) in [4.78, 5) is 56.4. The molecular formula is C102H96Cl8I2N18O6. The summed E-state index contributed by atoms with van der Waals surface area (Å²) in [6.07, 6.45) is 15.3. The van der Waals surface area contributed by atoms with Crippen LogP contribution in [-0.2, 0) is 24.0 Å². The summed E-state index contributed by atoms with van der Waals surface area (Å²) < 4.78 is 15.3. The molecule has 0 radical (unpaired) electrons. The molecule has 4 saturated heterocycles. The molecule has 4 fully saturated rings. The number of pyridine rings is 1. The van der Waals surface area contributed by atoms with Gasteiger partial charge in [-0.25, -0.2) is 45.3 Å². The molecule has 0 saturated carbocycles. The molecule has 4 aliphatic rings. The molecule has 0 atom stereocenters. The molecule has 0 spiro atoms. The van der Waals surface area contributed by atoms with E-state index in [0.29, 0.717) is 150 Å². The molecule has 4 N–H and O–H groups in total. The van der Waals surface area contributed by atoms with Gasteiger partial charge in [-0.05, 0) is 237 Å². The number of ether oxygens (including phenoxy) is 1. The minimum absolute atomic E-state index is 0.186. The number of halogens is 10. The molecule has 4 amide bonds. The van der Waals surface area contributed by atoms with Gasteiger partial charge in [0.25, 0.3) is 23.6 Å². The smallest absolute Gasteiger partial charge is 0.286 e. The number of amides is 4. The fourth-order valence-electron chi connectivity index (χ4n) is 16.2. The molecule has 13 aromatic rings. The van der Waals surface area contributed by atoms with Crippen molar-refractivity contribution in [1.82, 2.24) is 80.9 Å². The van der Waals surface area contributed by atoms with Crippen molar-refractivity contribution < 1.29 is 28.6 Å². The average Bonchev–Trinajstić information content (AvgIpc) is 1.63. The van der Waals surface area contributed by atoms with Gasteiger partial charge < -0.3 is 14.8 Å². The maximum Gasteiger partial charge on any atom is 0.286 e.